The number of carbonyl (C=O) groups is 1. The lowest BCUT2D eigenvalue weighted by Crippen LogP contribution is -2.45. The molecule has 0 amide bonds. The molecule has 0 radical (unpaired) electrons. The van der Waals surface area contributed by atoms with Crippen LogP contribution in [0.1, 0.15) is 31.3 Å². The van der Waals surface area contributed by atoms with Crippen LogP contribution in [0.4, 0.5) is 11.4 Å². The van der Waals surface area contributed by atoms with Crippen LogP contribution in [0.2, 0.25) is 0 Å². The SMILES string of the molecule is CC[n+]1c(C=C2C(=O)C(C=C3N(CCOCCOC)c4ccccc4C3(C)C)C2O)sc2cc([N+](=O)[O-])ccc21. The summed E-state index contributed by atoms with van der Waals surface area (Å²) in [5.41, 5.74) is 4.10. The average molecular weight is 565 g/mol. The van der Waals surface area contributed by atoms with Crippen LogP contribution >= 0.6 is 11.3 Å². The van der Waals surface area contributed by atoms with E-state index in [0.29, 0.717) is 38.5 Å². The molecule has 2 atom stereocenters. The molecule has 3 aromatic rings. The summed E-state index contributed by atoms with van der Waals surface area (Å²) in [4.78, 5) is 26.4. The molecule has 2 aliphatic rings. The summed E-state index contributed by atoms with van der Waals surface area (Å²) in [7, 11) is 1.64. The minimum Gasteiger partial charge on any atom is -0.387 e. The van der Waals surface area contributed by atoms with Crippen LogP contribution in [0.25, 0.3) is 16.3 Å². The number of nitro benzene ring substituents is 1. The molecular weight excluding hydrogens is 530 g/mol. The highest BCUT2D eigenvalue weighted by atomic mass is 32.1. The Labute approximate surface area is 237 Å². The number of aliphatic hydroxyl groups is 1. The van der Waals surface area contributed by atoms with Crippen molar-refractivity contribution in [2.75, 3.05) is 38.4 Å². The van der Waals surface area contributed by atoms with Crippen molar-refractivity contribution in [3.63, 3.8) is 0 Å². The van der Waals surface area contributed by atoms with Gasteiger partial charge in [-0.05, 0) is 18.6 Å². The first-order valence-electron chi connectivity index (χ1n) is 13.4. The summed E-state index contributed by atoms with van der Waals surface area (Å²) in [5, 5.41) is 23.2. The zero-order chi connectivity index (χ0) is 28.6. The fourth-order valence-electron chi connectivity index (χ4n) is 5.63. The maximum atomic E-state index is 13.4. The number of thiazole rings is 1. The molecule has 1 aliphatic carbocycles. The van der Waals surface area contributed by atoms with E-state index in [0.717, 1.165) is 26.6 Å². The number of allylic oxidation sites excluding steroid dienone is 1. The fraction of sp³-hybridized carbons (Fsp3) is 0.400. The highest BCUT2D eigenvalue weighted by molar-refractivity contribution is 7.18. The van der Waals surface area contributed by atoms with E-state index in [2.05, 4.69) is 30.9 Å². The Morgan fingerprint density at radius 3 is 2.67 bits per heavy atom. The van der Waals surface area contributed by atoms with Crippen LogP contribution in [0, 0.1) is 16.0 Å². The number of non-ortho nitro benzene ring substituents is 1. The van der Waals surface area contributed by atoms with Crippen LogP contribution in [0.15, 0.2) is 59.8 Å². The van der Waals surface area contributed by atoms with Crippen molar-refractivity contribution in [2.45, 2.75) is 38.8 Å². The van der Waals surface area contributed by atoms with Crippen LogP contribution in [-0.2, 0) is 26.2 Å². The largest absolute Gasteiger partial charge is 0.387 e. The van der Waals surface area contributed by atoms with Gasteiger partial charge in [0.05, 0.1) is 36.8 Å². The number of hydrogen-bond donors (Lipinski definition) is 1. The highest BCUT2D eigenvalue weighted by Gasteiger charge is 2.47. The number of ether oxygens (including phenoxy) is 2. The molecule has 1 saturated carbocycles. The number of benzene rings is 2. The van der Waals surface area contributed by atoms with E-state index in [4.69, 9.17) is 9.47 Å². The second-order valence-electron chi connectivity index (χ2n) is 10.5. The van der Waals surface area contributed by atoms with Crippen molar-refractivity contribution in [3.8, 4) is 0 Å². The number of Topliss-reactive ketones (excluding diaryl/α,β-unsaturated/α-hetero) is 1. The number of nitro groups is 1. The molecule has 2 heterocycles. The average Bonchev–Trinajstić information content (AvgIpc) is 3.40. The molecule has 5 rings (SSSR count). The zero-order valence-corrected chi connectivity index (χ0v) is 23.9. The topological polar surface area (TPSA) is 106 Å². The number of aryl methyl sites for hydroxylation is 1. The van der Waals surface area contributed by atoms with E-state index in [1.165, 1.54) is 23.0 Å². The van der Waals surface area contributed by atoms with Gasteiger partial charge in [-0.2, -0.15) is 4.57 Å². The maximum Gasteiger partial charge on any atom is 0.271 e. The van der Waals surface area contributed by atoms with E-state index >= 15 is 0 Å². The van der Waals surface area contributed by atoms with Gasteiger partial charge in [-0.3, -0.25) is 14.9 Å². The van der Waals surface area contributed by atoms with E-state index in [9.17, 15) is 20.0 Å². The summed E-state index contributed by atoms with van der Waals surface area (Å²) in [6.45, 7) is 9.02. The van der Waals surface area contributed by atoms with Gasteiger partial charge in [-0.15, -0.1) is 0 Å². The molecule has 40 heavy (non-hydrogen) atoms. The van der Waals surface area contributed by atoms with E-state index in [-0.39, 0.29) is 16.9 Å². The normalized spacial score (nSPS) is 21.8. The Hall–Kier alpha value is -3.44. The van der Waals surface area contributed by atoms with Crippen molar-refractivity contribution in [2.24, 2.45) is 5.92 Å². The Balaban J connectivity index is 1.43. The fourth-order valence-corrected chi connectivity index (χ4v) is 6.84. The smallest absolute Gasteiger partial charge is 0.271 e. The van der Waals surface area contributed by atoms with Crippen LogP contribution in [0.5, 0.6) is 0 Å². The number of aliphatic hydroxyl groups excluding tert-OH is 1. The highest BCUT2D eigenvalue weighted by Crippen LogP contribution is 2.49. The van der Waals surface area contributed by atoms with Crippen LogP contribution < -0.4 is 9.47 Å². The summed E-state index contributed by atoms with van der Waals surface area (Å²) in [6, 6.07) is 13.0. The van der Waals surface area contributed by atoms with Crippen molar-refractivity contribution < 1.29 is 28.9 Å². The van der Waals surface area contributed by atoms with Crippen LogP contribution in [-0.4, -0.2) is 55.4 Å². The molecule has 2 unspecified atom stereocenters. The third-order valence-electron chi connectivity index (χ3n) is 7.79. The van der Waals surface area contributed by atoms with Gasteiger partial charge in [0.15, 0.2) is 5.78 Å². The number of anilines is 1. The second-order valence-corrected chi connectivity index (χ2v) is 11.5. The van der Waals surface area contributed by atoms with Gasteiger partial charge in [-0.25, -0.2) is 0 Å². The number of methoxy groups -OCH3 is 1. The molecule has 2 aromatic carbocycles. The van der Waals surface area contributed by atoms with Crippen molar-refractivity contribution in [3.05, 3.63) is 80.5 Å². The molecular formula is C30H34N3O6S+. The molecule has 0 spiro atoms. The van der Waals surface area contributed by atoms with E-state index in [1.807, 2.05) is 29.7 Å². The number of fused-ring (bicyclic) bond motifs is 2. The summed E-state index contributed by atoms with van der Waals surface area (Å²) >= 11 is 1.37. The lowest BCUT2D eigenvalue weighted by molar-refractivity contribution is -0.665. The third-order valence-corrected chi connectivity index (χ3v) is 8.89. The predicted octanol–water partition coefficient (Wildman–Crippen LogP) is 4.40. The number of aromatic nitrogens is 1. The van der Waals surface area contributed by atoms with Crippen LogP contribution in [0.3, 0.4) is 0 Å². The molecule has 1 N–H and O–H groups in total. The number of nitrogens with zero attached hydrogens (tertiary/aromatic N) is 3. The molecule has 1 aliphatic heterocycles. The lowest BCUT2D eigenvalue weighted by Gasteiger charge is -2.35. The minimum atomic E-state index is -0.941. The van der Waals surface area contributed by atoms with Gasteiger partial charge in [0.2, 0.25) is 5.52 Å². The molecule has 9 nitrogen and oxygen atoms in total. The molecule has 10 heteroatoms. The molecule has 210 valence electrons. The number of rotatable bonds is 10. The molecule has 1 aromatic heterocycles. The first-order chi connectivity index (χ1) is 19.2. The predicted molar refractivity (Wildman–Crippen MR) is 154 cm³/mol. The quantitative estimate of drug-likeness (QED) is 0.128. The first kappa shape index (κ1) is 28.1. The summed E-state index contributed by atoms with van der Waals surface area (Å²) < 4.78 is 13.6. The van der Waals surface area contributed by atoms with Gasteiger partial charge < -0.3 is 19.5 Å². The molecule has 0 saturated heterocycles. The maximum absolute atomic E-state index is 13.4. The summed E-state index contributed by atoms with van der Waals surface area (Å²) in [6.07, 6.45) is 2.71. The number of carbonyl (C=O) groups excluding carboxylic acids is 1. The first-order valence-corrected chi connectivity index (χ1v) is 14.2. The molecule has 1 fully saturated rings. The Morgan fingerprint density at radius 1 is 1.20 bits per heavy atom. The number of hydrogen-bond acceptors (Lipinski definition) is 8. The Kier molecular flexibility index (Phi) is 7.87. The van der Waals surface area contributed by atoms with Crippen molar-refractivity contribution in [1.29, 1.82) is 0 Å². The minimum absolute atomic E-state index is 0.0245. The lowest BCUT2D eigenvalue weighted by atomic mass is 9.72. The van der Waals surface area contributed by atoms with Crippen molar-refractivity contribution in [1.82, 2.24) is 0 Å². The van der Waals surface area contributed by atoms with Gasteiger partial charge in [0.25, 0.3) is 10.7 Å². The number of para-hydroxylation sites is 1. The van der Waals surface area contributed by atoms with Gasteiger partial charge >= 0.3 is 0 Å². The number of ketones is 1. The Bertz CT molecular complexity index is 1520. The van der Waals surface area contributed by atoms with Gasteiger partial charge in [0, 0.05) is 60.3 Å². The van der Waals surface area contributed by atoms with E-state index < -0.39 is 16.9 Å². The van der Waals surface area contributed by atoms with Gasteiger partial charge in [0.1, 0.15) is 11.2 Å². The standard InChI is InChI=1S/C30H34N3O6S/c1-5-31-24-11-10-19(33(36)37)16-25(24)40-27(31)18-21-28(34)20(29(21)35)17-26-30(2,3)22-8-6-7-9-23(22)32(26)12-13-39-15-14-38-4/h6-11,16-18,20,28,34H,5,12-15H2,1-4H3/q+1. The van der Waals surface area contributed by atoms with E-state index in [1.54, 1.807) is 25.3 Å². The Morgan fingerprint density at radius 2 is 1.98 bits per heavy atom. The summed E-state index contributed by atoms with van der Waals surface area (Å²) in [5.74, 6) is -0.772. The zero-order valence-electron chi connectivity index (χ0n) is 23.1. The monoisotopic (exact) mass is 564 g/mol. The van der Waals surface area contributed by atoms with Gasteiger partial charge in [-0.1, -0.05) is 49.5 Å². The third kappa shape index (κ3) is 4.85. The molecule has 0 bridgehead atoms. The second kappa shape index (κ2) is 11.2. The van der Waals surface area contributed by atoms with Crippen molar-refractivity contribution >= 4 is 44.8 Å².